The third kappa shape index (κ3) is 4.24. The number of hydrogen-bond acceptors (Lipinski definition) is 8. The average molecular weight is 317 g/mol. The molecular formula is C12H15N9S. The highest BCUT2D eigenvalue weighted by molar-refractivity contribution is 7.80. The van der Waals surface area contributed by atoms with Crippen molar-refractivity contribution in [1.82, 2.24) is 20.4 Å². The van der Waals surface area contributed by atoms with E-state index in [0.29, 0.717) is 0 Å². The van der Waals surface area contributed by atoms with Crippen molar-refractivity contribution in [2.45, 2.75) is 6.92 Å². The highest BCUT2D eigenvalue weighted by Gasteiger charge is 2.03. The summed E-state index contributed by atoms with van der Waals surface area (Å²) in [6.45, 7) is 1.83. The van der Waals surface area contributed by atoms with Crippen molar-refractivity contribution in [3.05, 3.63) is 29.8 Å². The van der Waals surface area contributed by atoms with E-state index >= 15 is 0 Å². The van der Waals surface area contributed by atoms with Gasteiger partial charge in [-0.15, -0.1) is 0 Å². The summed E-state index contributed by atoms with van der Waals surface area (Å²) in [5.74, 6) is 0.384. The molecule has 0 spiro atoms. The van der Waals surface area contributed by atoms with E-state index in [4.69, 9.17) is 17.2 Å². The van der Waals surface area contributed by atoms with Crippen LogP contribution in [0.3, 0.4) is 0 Å². The van der Waals surface area contributed by atoms with Gasteiger partial charge in [0.25, 0.3) is 0 Å². The second-order valence-electron chi connectivity index (χ2n) is 4.25. The van der Waals surface area contributed by atoms with Gasteiger partial charge >= 0.3 is 0 Å². The molecule has 0 saturated heterocycles. The van der Waals surface area contributed by atoms with Gasteiger partial charge in [0, 0.05) is 5.69 Å². The van der Waals surface area contributed by atoms with Gasteiger partial charge in [-0.3, -0.25) is 5.43 Å². The molecule has 114 valence electrons. The Balaban J connectivity index is 2.11. The molecule has 22 heavy (non-hydrogen) atoms. The summed E-state index contributed by atoms with van der Waals surface area (Å²) in [6, 6.07) is 7.42. The summed E-state index contributed by atoms with van der Waals surface area (Å²) >= 11 is 4.69. The van der Waals surface area contributed by atoms with E-state index in [0.717, 1.165) is 17.0 Å². The summed E-state index contributed by atoms with van der Waals surface area (Å²) < 4.78 is 0. The maximum atomic E-state index is 5.51. The van der Waals surface area contributed by atoms with Crippen LogP contribution in [0.15, 0.2) is 29.4 Å². The Hall–Kier alpha value is -3.01. The largest absolute Gasteiger partial charge is 0.375 e. The standard InChI is InChI=1S/C12H15N9S/c1-6(20-21-11(15)22)7-2-4-8(5-3-7)16-12-18-9(13)17-10(14)19-12/h2-5H,1H3,(H3,15,21,22)(H5,13,14,16,17,18,19)/b20-6+. The van der Waals surface area contributed by atoms with Crippen LogP contribution in [0, 0.1) is 0 Å². The Morgan fingerprint density at radius 2 is 1.68 bits per heavy atom. The predicted octanol–water partition coefficient (Wildman–Crippen LogP) is 0.337. The number of aromatic nitrogens is 3. The molecule has 0 saturated carbocycles. The topological polar surface area (TPSA) is 153 Å². The van der Waals surface area contributed by atoms with Gasteiger partial charge in [-0.2, -0.15) is 20.1 Å². The van der Waals surface area contributed by atoms with Gasteiger partial charge in [-0.25, -0.2) is 0 Å². The maximum Gasteiger partial charge on any atom is 0.233 e. The first kappa shape index (κ1) is 15.4. The van der Waals surface area contributed by atoms with Gasteiger partial charge in [0.1, 0.15) is 0 Å². The molecule has 10 heteroatoms. The molecule has 0 atom stereocenters. The SMILES string of the molecule is C/C(=N\NC(N)=S)c1ccc(Nc2nc(N)nc(N)n2)cc1. The Bertz CT molecular complexity index is 691. The van der Waals surface area contributed by atoms with Crippen molar-refractivity contribution in [3.63, 3.8) is 0 Å². The molecule has 1 heterocycles. The minimum Gasteiger partial charge on any atom is -0.375 e. The molecule has 1 aromatic carbocycles. The Kier molecular flexibility index (Phi) is 4.63. The van der Waals surface area contributed by atoms with Crippen LogP contribution in [-0.2, 0) is 0 Å². The lowest BCUT2D eigenvalue weighted by Gasteiger charge is -2.07. The highest BCUT2D eigenvalue weighted by atomic mass is 32.1. The van der Waals surface area contributed by atoms with Crippen molar-refractivity contribution in [2.24, 2.45) is 10.8 Å². The monoisotopic (exact) mass is 317 g/mol. The summed E-state index contributed by atoms with van der Waals surface area (Å²) in [7, 11) is 0. The Morgan fingerprint density at radius 3 is 2.23 bits per heavy atom. The van der Waals surface area contributed by atoms with Gasteiger partial charge < -0.3 is 22.5 Å². The van der Waals surface area contributed by atoms with Gasteiger partial charge in [-0.1, -0.05) is 12.1 Å². The molecule has 1 aromatic heterocycles. The van der Waals surface area contributed by atoms with E-state index in [1.54, 1.807) is 0 Å². The molecule has 0 bridgehead atoms. The van der Waals surface area contributed by atoms with E-state index in [-0.39, 0.29) is 23.0 Å². The summed E-state index contributed by atoms with van der Waals surface area (Å²) in [6.07, 6.45) is 0. The molecule has 8 N–H and O–H groups in total. The zero-order valence-electron chi connectivity index (χ0n) is 11.7. The molecule has 0 amide bonds. The van der Waals surface area contributed by atoms with Gasteiger partial charge in [-0.05, 0) is 36.8 Å². The van der Waals surface area contributed by atoms with Crippen molar-refractivity contribution in [1.29, 1.82) is 0 Å². The minimum absolute atomic E-state index is 0.0541. The number of hydrogen-bond donors (Lipinski definition) is 5. The fourth-order valence-corrected chi connectivity index (χ4v) is 1.64. The number of rotatable bonds is 4. The van der Waals surface area contributed by atoms with Crippen LogP contribution < -0.4 is 27.9 Å². The Labute approximate surface area is 132 Å². The highest BCUT2D eigenvalue weighted by Crippen LogP contribution is 2.15. The van der Waals surface area contributed by atoms with E-state index in [2.05, 4.69) is 43.0 Å². The lowest BCUT2D eigenvalue weighted by Crippen LogP contribution is -2.25. The first-order chi connectivity index (χ1) is 10.4. The number of benzene rings is 1. The molecule has 0 aliphatic rings. The van der Waals surface area contributed by atoms with Crippen molar-refractivity contribution in [2.75, 3.05) is 16.8 Å². The predicted molar refractivity (Wildman–Crippen MR) is 90.5 cm³/mol. The van der Waals surface area contributed by atoms with Crippen LogP contribution in [0.4, 0.5) is 23.5 Å². The summed E-state index contributed by atoms with van der Waals surface area (Å²) in [5, 5.41) is 7.14. The Morgan fingerprint density at radius 1 is 1.09 bits per heavy atom. The molecule has 9 nitrogen and oxygen atoms in total. The average Bonchev–Trinajstić information content (AvgIpc) is 2.44. The van der Waals surface area contributed by atoms with Gasteiger partial charge in [0.2, 0.25) is 17.8 Å². The second kappa shape index (κ2) is 6.63. The normalized spacial score (nSPS) is 11.0. The van der Waals surface area contributed by atoms with Crippen LogP contribution in [0.2, 0.25) is 0 Å². The number of nitrogen functional groups attached to an aromatic ring is 2. The zero-order chi connectivity index (χ0) is 16.1. The fourth-order valence-electron chi connectivity index (χ4n) is 1.59. The van der Waals surface area contributed by atoms with Gasteiger partial charge in [0.15, 0.2) is 5.11 Å². The van der Waals surface area contributed by atoms with Crippen LogP contribution in [0.5, 0.6) is 0 Å². The number of nitrogens with two attached hydrogens (primary N) is 3. The van der Waals surface area contributed by atoms with Crippen molar-refractivity contribution < 1.29 is 0 Å². The van der Waals surface area contributed by atoms with Crippen LogP contribution in [0.25, 0.3) is 0 Å². The lowest BCUT2D eigenvalue weighted by molar-refractivity contribution is 1.03. The molecule has 2 aromatic rings. The van der Waals surface area contributed by atoms with Gasteiger partial charge in [0.05, 0.1) is 5.71 Å². The third-order valence-electron chi connectivity index (χ3n) is 2.56. The molecule has 0 fully saturated rings. The molecule has 2 rings (SSSR count). The van der Waals surface area contributed by atoms with E-state index in [1.807, 2.05) is 31.2 Å². The van der Waals surface area contributed by atoms with Crippen LogP contribution >= 0.6 is 12.2 Å². The van der Waals surface area contributed by atoms with E-state index in [1.165, 1.54) is 0 Å². The second-order valence-corrected chi connectivity index (χ2v) is 4.69. The number of nitrogens with one attached hydrogen (secondary N) is 2. The molecule has 0 radical (unpaired) electrons. The number of thiocarbonyl (C=S) groups is 1. The minimum atomic E-state index is 0.0541. The van der Waals surface area contributed by atoms with Crippen LogP contribution in [0.1, 0.15) is 12.5 Å². The number of nitrogens with zero attached hydrogens (tertiary/aromatic N) is 4. The van der Waals surface area contributed by atoms with Crippen molar-refractivity contribution >= 4 is 46.6 Å². The molecular weight excluding hydrogens is 302 g/mol. The number of anilines is 4. The number of hydrazone groups is 1. The fraction of sp³-hybridized carbons (Fsp3) is 0.0833. The van der Waals surface area contributed by atoms with Crippen molar-refractivity contribution in [3.8, 4) is 0 Å². The van der Waals surface area contributed by atoms with E-state index in [9.17, 15) is 0 Å². The van der Waals surface area contributed by atoms with E-state index < -0.39 is 0 Å². The maximum absolute atomic E-state index is 5.51. The zero-order valence-corrected chi connectivity index (χ0v) is 12.6. The molecule has 0 unspecified atom stereocenters. The first-order valence-electron chi connectivity index (χ1n) is 6.18. The smallest absolute Gasteiger partial charge is 0.233 e. The quantitative estimate of drug-likeness (QED) is 0.305. The third-order valence-corrected chi connectivity index (χ3v) is 2.65. The van der Waals surface area contributed by atoms with Crippen LogP contribution in [-0.4, -0.2) is 25.8 Å². The molecule has 0 aliphatic heterocycles. The molecule has 0 aliphatic carbocycles. The first-order valence-corrected chi connectivity index (χ1v) is 6.59. The summed E-state index contributed by atoms with van der Waals surface area (Å²) in [5.41, 5.74) is 21.3. The lowest BCUT2D eigenvalue weighted by atomic mass is 10.1. The summed E-state index contributed by atoms with van der Waals surface area (Å²) in [4.78, 5) is 11.6.